The second-order valence-corrected chi connectivity index (χ2v) is 7.91. The molecular weight excluding hydrogens is 415 g/mol. The van der Waals surface area contributed by atoms with Crippen molar-refractivity contribution in [3.05, 3.63) is 65.7 Å². The predicted octanol–water partition coefficient (Wildman–Crippen LogP) is 4.02. The van der Waals surface area contributed by atoms with Crippen LogP contribution < -0.4 is 5.32 Å². The maximum absolute atomic E-state index is 12.9. The monoisotopic (exact) mass is 435 g/mol. The van der Waals surface area contributed by atoms with E-state index in [2.05, 4.69) is 10.3 Å². The molecule has 0 saturated carbocycles. The Morgan fingerprint density at radius 1 is 1.17 bits per heavy atom. The zero-order valence-corrected chi connectivity index (χ0v) is 17.0. The van der Waals surface area contributed by atoms with Crippen molar-refractivity contribution in [2.45, 2.75) is 24.3 Å². The molecule has 0 aromatic heterocycles. The zero-order valence-electron chi connectivity index (χ0n) is 16.1. The summed E-state index contributed by atoms with van der Waals surface area (Å²) in [6, 6.07) is 14.3. The van der Waals surface area contributed by atoms with Crippen LogP contribution in [0.3, 0.4) is 0 Å². The highest BCUT2D eigenvalue weighted by Gasteiger charge is 2.37. The van der Waals surface area contributed by atoms with Gasteiger partial charge in [0.25, 0.3) is 0 Å². The Morgan fingerprint density at radius 3 is 2.60 bits per heavy atom. The molecule has 5 nitrogen and oxygen atoms in total. The minimum Gasteiger partial charge on any atom is -0.356 e. The van der Waals surface area contributed by atoms with Crippen molar-refractivity contribution in [2.24, 2.45) is 4.99 Å². The fourth-order valence-corrected chi connectivity index (χ4v) is 4.05. The summed E-state index contributed by atoms with van der Waals surface area (Å²) in [6.45, 7) is 0.454. The van der Waals surface area contributed by atoms with Crippen LogP contribution in [0.15, 0.2) is 59.6 Å². The third-order valence-corrected chi connectivity index (χ3v) is 5.72. The molecule has 2 aromatic rings. The standard InChI is InChI=1S/C21H20F3N3O2S/c1-27-19(29)17(13-18(28)25-11-10-14-6-3-2-4-7-14)30-20(27)26-16-9-5-8-15(12-16)21(22,23)24/h2-9,12,17H,10-11,13H2,1H3,(H,25,28)/t17-/m1/s1. The molecule has 1 atom stereocenters. The lowest BCUT2D eigenvalue weighted by molar-refractivity contribution is -0.137. The molecule has 2 amide bonds. The van der Waals surface area contributed by atoms with E-state index in [1.807, 2.05) is 30.3 Å². The number of hydrogen-bond donors (Lipinski definition) is 1. The third kappa shape index (κ3) is 5.63. The number of benzene rings is 2. The number of halogens is 3. The van der Waals surface area contributed by atoms with Gasteiger partial charge in [-0.25, -0.2) is 4.99 Å². The number of nitrogens with one attached hydrogen (secondary N) is 1. The van der Waals surface area contributed by atoms with Crippen LogP contribution in [0.1, 0.15) is 17.5 Å². The molecule has 0 aliphatic carbocycles. The summed E-state index contributed by atoms with van der Waals surface area (Å²) < 4.78 is 38.6. The summed E-state index contributed by atoms with van der Waals surface area (Å²) >= 11 is 1.08. The lowest BCUT2D eigenvalue weighted by Gasteiger charge is -2.10. The van der Waals surface area contributed by atoms with E-state index in [9.17, 15) is 22.8 Å². The number of thioether (sulfide) groups is 1. The normalized spacial score (nSPS) is 18.1. The van der Waals surface area contributed by atoms with Crippen molar-refractivity contribution in [1.29, 1.82) is 0 Å². The summed E-state index contributed by atoms with van der Waals surface area (Å²) in [6.07, 6.45) is -3.81. The van der Waals surface area contributed by atoms with Crippen LogP contribution in [0.2, 0.25) is 0 Å². The number of rotatable bonds is 6. The van der Waals surface area contributed by atoms with Crippen molar-refractivity contribution < 1.29 is 22.8 Å². The Morgan fingerprint density at radius 2 is 1.90 bits per heavy atom. The Bertz CT molecular complexity index is 948. The molecule has 0 bridgehead atoms. The molecule has 0 radical (unpaired) electrons. The fraction of sp³-hybridized carbons (Fsp3) is 0.286. The molecule has 1 saturated heterocycles. The summed E-state index contributed by atoms with van der Waals surface area (Å²) in [7, 11) is 1.50. The highest BCUT2D eigenvalue weighted by atomic mass is 32.2. The molecular formula is C21H20F3N3O2S. The number of amides is 2. The van der Waals surface area contributed by atoms with E-state index >= 15 is 0 Å². The lowest BCUT2D eigenvalue weighted by Crippen LogP contribution is -2.33. The topological polar surface area (TPSA) is 61.8 Å². The number of carbonyl (C=O) groups is 2. The summed E-state index contributed by atoms with van der Waals surface area (Å²) in [5, 5.41) is 2.40. The first kappa shape index (κ1) is 21.9. The van der Waals surface area contributed by atoms with Crippen LogP contribution in [-0.2, 0) is 22.2 Å². The Kier molecular flexibility index (Phi) is 6.81. The number of amidine groups is 1. The van der Waals surface area contributed by atoms with Crippen molar-refractivity contribution in [2.75, 3.05) is 13.6 Å². The largest absolute Gasteiger partial charge is 0.416 e. The highest BCUT2D eigenvalue weighted by molar-refractivity contribution is 8.15. The minimum atomic E-state index is -4.47. The van der Waals surface area contributed by atoms with Crippen molar-refractivity contribution in [3.63, 3.8) is 0 Å². The van der Waals surface area contributed by atoms with Crippen LogP contribution >= 0.6 is 11.8 Å². The molecule has 2 aromatic carbocycles. The van der Waals surface area contributed by atoms with Crippen molar-refractivity contribution in [1.82, 2.24) is 10.2 Å². The van der Waals surface area contributed by atoms with E-state index in [1.54, 1.807) is 0 Å². The first-order chi connectivity index (χ1) is 14.2. The van der Waals surface area contributed by atoms with E-state index in [4.69, 9.17) is 0 Å². The summed E-state index contributed by atoms with van der Waals surface area (Å²) in [5.41, 5.74) is 0.384. The van der Waals surface area contributed by atoms with Gasteiger partial charge < -0.3 is 5.32 Å². The highest BCUT2D eigenvalue weighted by Crippen LogP contribution is 2.34. The van der Waals surface area contributed by atoms with Crippen LogP contribution in [-0.4, -0.2) is 40.7 Å². The third-order valence-electron chi connectivity index (χ3n) is 4.49. The van der Waals surface area contributed by atoms with E-state index in [0.29, 0.717) is 13.0 Å². The van der Waals surface area contributed by atoms with Gasteiger partial charge in [-0.3, -0.25) is 14.5 Å². The number of hydrogen-bond acceptors (Lipinski definition) is 4. The van der Waals surface area contributed by atoms with Gasteiger partial charge in [-0.2, -0.15) is 13.2 Å². The molecule has 1 aliphatic rings. The molecule has 158 valence electrons. The van der Waals surface area contributed by atoms with Gasteiger partial charge in [0.15, 0.2) is 5.17 Å². The van der Waals surface area contributed by atoms with Crippen LogP contribution in [0.5, 0.6) is 0 Å². The SMILES string of the molecule is CN1C(=O)[C@@H](CC(=O)NCCc2ccccc2)SC1=Nc1cccc(C(F)(F)F)c1. The van der Waals surface area contributed by atoms with Gasteiger partial charge in [-0.1, -0.05) is 48.2 Å². The molecule has 1 heterocycles. The Hall–Kier alpha value is -2.81. The smallest absolute Gasteiger partial charge is 0.356 e. The maximum atomic E-state index is 12.9. The summed E-state index contributed by atoms with van der Waals surface area (Å²) in [5.74, 6) is -0.561. The second-order valence-electron chi connectivity index (χ2n) is 6.74. The van der Waals surface area contributed by atoms with Gasteiger partial charge in [0.1, 0.15) is 5.25 Å². The first-order valence-corrected chi connectivity index (χ1v) is 10.1. The molecule has 0 unspecified atom stereocenters. The fourth-order valence-electron chi connectivity index (χ4n) is 2.89. The van der Waals surface area contributed by atoms with Gasteiger partial charge in [-0.15, -0.1) is 0 Å². The Labute approximate surface area is 176 Å². The predicted molar refractivity (Wildman–Crippen MR) is 110 cm³/mol. The molecule has 1 aliphatic heterocycles. The van der Waals surface area contributed by atoms with Gasteiger partial charge in [-0.05, 0) is 30.2 Å². The van der Waals surface area contributed by atoms with Crippen molar-refractivity contribution in [3.8, 4) is 0 Å². The average molecular weight is 435 g/mol. The van der Waals surface area contributed by atoms with Crippen LogP contribution in [0.25, 0.3) is 0 Å². The summed E-state index contributed by atoms with van der Waals surface area (Å²) in [4.78, 5) is 30.1. The first-order valence-electron chi connectivity index (χ1n) is 9.25. The molecule has 0 spiro atoms. The van der Waals surface area contributed by atoms with E-state index in [-0.39, 0.29) is 29.1 Å². The van der Waals surface area contributed by atoms with Gasteiger partial charge in [0, 0.05) is 20.0 Å². The molecule has 1 fully saturated rings. The van der Waals surface area contributed by atoms with Gasteiger partial charge in [0.2, 0.25) is 11.8 Å². The maximum Gasteiger partial charge on any atom is 0.416 e. The number of aliphatic imine (C=N–C) groups is 1. The minimum absolute atomic E-state index is 0.0236. The molecule has 1 N–H and O–H groups in total. The number of nitrogens with zero attached hydrogens (tertiary/aromatic N) is 2. The van der Waals surface area contributed by atoms with E-state index in [0.717, 1.165) is 29.5 Å². The quantitative estimate of drug-likeness (QED) is 0.746. The second kappa shape index (κ2) is 9.34. The van der Waals surface area contributed by atoms with E-state index < -0.39 is 17.0 Å². The van der Waals surface area contributed by atoms with Gasteiger partial charge >= 0.3 is 6.18 Å². The van der Waals surface area contributed by atoms with Crippen molar-refractivity contribution >= 4 is 34.4 Å². The number of alkyl halides is 3. The number of carbonyl (C=O) groups excluding carboxylic acids is 2. The lowest BCUT2D eigenvalue weighted by atomic mass is 10.1. The van der Waals surface area contributed by atoms with E-state index in [1.165, 1.54) is 24.1 Å². The molecule has 3 rings (SSSR count). The van der Waals surface area contributed by atoms with Crippen LogP contribution in [0, 0.1) is 0 Å². The Balaban J connectivity index is 1.59. The molecule has 9 heteroatoms. The zero-order chi connectivity index (χ0) is 21.7. The van der Waals surface area contributed by atoms with Crippen LogP contribution in [0.4, 0.5) is 18.9 Å². The van der Waals surface area contributed by atoms with Gasteiger partial charge in [0.05, 0.1) is 11.3 Å². The molecule has 30 heavy (non-hydrogen) atoms. The average Bonchev–Trinajstić information content (AvgIpc) is 2.96.